The summed E-state index contributed by atoms with van der Waals surface area (Å²) in [5, 5.41) is 4.58. The second-order valence-electron chi connectivity index (χ2n) is 12.2. The summed E-state index contributed by atoms with van der Waals surface area (Å²) in [6, 6.07) is 19.0. The Labute approximate surface area is 283 Å². The van der Waals surface area contributed by atoms with Gasteiger partial charge in [-0.3, -0.25) is 9.10 Å². The van der Waals surface area contributed by atoms with E-state index in [0.717, 1.165) is 16.7 Å². The van der Waals surface area contributed by atoms with Crippen molar-refractivity contribution in [1.29, 1.82) is 0 Å². The third-order valence-electron chi connectivity index (χ3n) is 8.56. The molecule has 0 saturated carbocycles. The number of sulfonamides is 1. The standard InChI is InChI=1S/C36H33N5O6S2/c1-22-8-11-26(12-9-22)49(45,46)41-17-15-29-34-27(23(2)18-25-14-16-37-36(42)33(25)35(34)41)20-40(29)30-19-24(21-48(4,43)44)10-13-28(30)38-31-6-5-7-32(39-31)47-3/h5-16,18-20H,17,21H2,1-4H3,(H,37,42)(H,38,39). The second kappa shape index (κ2) is 11.9. The SMILES string of the molecule is COc1cccc(Nc2ccc(CS(C)(=O)=O)cc2-n2cc3c4c2=CCN(S(=O)(=O)c2ccc(C)cc2)C=4c2c(cc[nH]c2=O)C=C3C)n1. The fraction of sp³-hybridized carbons (Fsp3) is 0.167. The van der Waals surface area contributed by atoms with Gasteiger partial charge < -0.3 is 19.6 Å². The first kappa shape index (κ1) is 32.2. The van der Waals surface area contributed by atoms with Gasteiger partial charge in [0.1, 0.15) is 5.82 Å². The third-order valence-corrected chi connectivity index (χ3v) is 11.2. The first-order valence-electron chi connectivity index (χ1n) is 15.4. The molecular formula is C36H33N5O6S2. The number of anilines is 2. The fourth-order valence-electron chi connectivity index (χ4n) is 6.34. The number of aromatic nitrogens is 3. The van der Waals surface area contributed by atoms with Crippen LogP contribution in [0.4, 0.5) is 11.5 Å². The molecule has 5 aromatic rings. The first-order chi connectivity index (χ1) is 23.3. The number of ether oxygens (including phenoxy) is 1. The molecule has 0 unspecified atom stereocenters. The summed E-state index contributed by atoms with van der Waals surface area (Å²) in [6.45, 7) is 3.74. The molecule has 2 aromatic carbocycles. The van der Waals surface area contributed by atoms with Gasteiger partial charge in [0.2, 0.25) is 5.88 Å². The van der Waals surface area contributed by atoms with Crippen molar-refractivity contribution in [1.82, 2.24) is 18.8 Å². The maximum atomic E-state index is 14.4. The van der Waals surface area contributed by atoms with E-state index in [1.54, 1.807) is 72.9 Å². The number of hydrogen-bond acceptors (Lipinski definition) is 8. The summed E-state index contributed by atoms with van der Waals surface area (Å²) in [6.07, 6.45) is 8.33. The highest BCUT2D eigenvalue weighted by Gasteiger charge is 2.34. The Hall–Kier alpha value is -5.40. The van der Waals surface area contributed by atoms with E-state index in [1.807, 2.05) is 36.8 Å². The van der Waals surface area contributed by atoms with Crippen molar-refractivity contribution in [3.05, 3.63) is 128 Å². The summed E-state index contributed by atoms with van der Waals surface area (Å²) < 4.78 is 62.0. The van der Waals surface area contributed by atoms with Crippen LogP contribution in [0.5, 0.6) is 5.88 Å². The number of nitrogens with one attached hydrogen (secondary N) is 2. The molecule has 0 fully saturated rings. The lowest BCUT2D eigenvalue weighted by Gasteiger charge is -2.28. The molecule has 7 rings (SSSR count). The fourth-order valence-corrected chi connectivity index (χ4v) is 8.55. The van der Waals surface area contributed by atoms with Gasteiger partial charge in [0.25, 0.3) is 15.6 Å². The lowest BCUT2D eigenvalue weighted by molar-refractivity contribution is 0.398. The molecule has 0 saturated heterocycles. The normalized spacial score (nSPS) is 13.9. The number of nitrogens with zero attached hydrogens (tertiary/aromatic N) is 3. The van der Waals surface area contributed by atoms with Crippen molar-refractivity contribution in [3.63, 3.8) is 0 Å². The molecule has 49 heavy (non-hydrogen) atoms. The van der Waals surface area contributed by atoms with Gasteiger partial charge in [0.15, 0.2) is 9.84 Å². The van der Waals surface area contributed by atoms with Gasteiger partial charge in [0, 0.05) is 35.5 Å². The minimum atomic E-state index is -4.12. The number of hydrogen-bond donors (Lipinski definition) is 2. The van der Waals surface area contributed by atoms with E-state index in [-0.39, 0.29) is 28.5 Å². The van der Waals surface area contributed by atoms with Crippen molar-refractivity contribution in [2.24, 2.45) is 0 Å². The number of rotatable bonds is 8. The highest BCUT2D eigenvalue weighted by molar-refractivity contribution is 7.90. The first-order valence-corrected chi connectivity index (χ1v) is 18.9. The summed E-state index contributed by atoms with van der Waals surface area (Å²) in [5.74, 6) is 0.733. The van der Waals surface area contributed by atoms with Crippen LogP contribution in [0.25, 0.3) is 29.1 Å². The van der Waals surface area contributed by atoms with Crippen LogP contribution in [-0.2, 0) is 25.6 Å². The summed E-state index contributed by atoms with van der Waals surface area (Å²) in [7, 11) is -5.96. The molecule has 2 N–H and O–H groups in total. The average molecular weight is 696 g/mol. The van der Waals surface area contributed by atoms with Crippen LogP contribution in [0.3, 0.4) is 0 Å². The molecule has 3 aromatic heterocycles. The van der Waals surface area contributed by atoms with E-state index in [4.69, 9.17) is 4.74 Å². The van der Waals surface area contributed by atoms with Gasteiger partial charge in [-0.15, -0.1) is 0 Å². The number of aromatic amines is 1. The molecule has 0 bridgehead atoms. The van der Waals surface area contributed by atoms with Crippen molar-refractivity contribution in [3.8, 4) is 11.6 Å². The molecule has 0 spiro atoms. The van der Waals surface area contributed by atoms with Crippen LogP contribution in [0.2, 0.25) is 0 Å². The smallest absolute Gasteiger partial charge is 0.264 e. The molecule has 11 nitrogen and oxygen atoms in total. The summed E-state index contributed by atoms with van der Waals surface area (Å²) >= 11 is 0. The van der Waals surface area contributed by atoms with Gasteiger partial charge >= 0.3 is 0 Å². The molecule has 2 aliphatic rings. The number of aryl methyl sites for hydroxylation is 1. The van der Waals surface area contributed by atoms with Gasteiger partial charge in [-0.05, 0) is 73.0 Å². The number of allylic oxidation sites excluding steroid dienone is 1. The number of benzene rings is 2. The van der Waals surface area contributed by atoms with E-state index in [9.17, 15) is 21.6 Å². The highest BCUT2D eigenvalue weighted by Crippen LogP contribution is 2.33. The van der Waals surface area contributed by atoms with Crippen LogP contribution in [-0.4, -0.2) is 55.6 Å². The Balaban J connectivity index is 1.53. The zero-order valence-corrected chi connectivity index (χ0v) is 28.8. The lowest BCUT2D eigenvalue weighted by Crippen LogP contribution is -2.46. The topological polar surface area (TPSA) is 143 Å². The van der Waals surface area contributed by atoms with Crippen molar-refractivity contribution in [2.45, 2.75) is 24.5 Å². The quantitative estimate of drug-likeness (QED) is 0.250. The second-order valence-corrected chi connectivity index (χ2v) is 16.2. The predicted molar refractivity (Wildman–Crippen MR) is 190 cm³/mol. The zero-order chi connectivity index (χ0) is 34.7. The maximum Gasteiger partial charge on any atom is 0.264 e. The zero-order valence-electron chi connectivity index (χ0n) is 27.2. The maximum absolute atomic E-state index is 14.4. The van der Waals surface area contributed by atoms with E-state index >= 15 is 0 Å². The molecule has 13 heteroatoms. The number of fused-ring (bicyclic) bond motifs is 2. The number of sulfone groups is 1. The molecular weight excluding hydrogens is 663 g/mol. The minimum absolute atomic E-state index is 0.0575. The Morgan fingerprint density at radius 2 is 1.78 bits per heavy atom. The van der Waals surface area contributed by atoms with Crippen molar-refractivity contribution in [2.75, 3.05) is 25.2 Å². The Morgan fingerprint density at radius 3 is 2.51 bits per heavy atom. The average Bonchev–Trinajstić information content (AvgIpc) is 3.39. The van der Waals surface area contributed by atoms with Crippen LogP contribution in [0.1, 0.15) is 34.7 Å². The van der Waals surface area contributed by atoms with E-state index in [1.165, 1.54) is 17.7 Å². The van der Waals surface area contributed by atoms with Crippen molar-refractivity contribution < 1.29 is 21.6 Å². The Morgan fingerprint density at radius 1 is 1.00 bits per heavy atom. The Kier molecular flexibility index (Phi) is 7.83. The Bertz CT molecular complexity index is 2600. The molecule has 1 aliphatic carbocycles. The number of methoxy groups -OCH3 is 1. The molecule has 0 atom stereocenters. The van der Waals surface area contributed by atoms with Crippen molar-refractivity contribution >= 4 is 54.8 Å². The third kappa shape index (κ3) is 5.85. The predicted octanol–water partition coefficient (Wildman–Crippen LogP) is 3.68. The van der Waals surface area contributed by atoms with Crippen LogP contribution in [0.15, 0.2) is 88.8 Å². The van der Waals surface area contributed by atoms with Crippen LogP contribution >= 0.6 is 0 Å². The number of pyridine rings is 2. The van der Waals surface area contributed by atoms with Gasteiger partial charge in [-0.2, -0.15) is 4.98 Å². The molecule has 1 aliphatic heterocycles. The van der Waals surface area contributed by atoms with Crippen LogP contribution in [0, 0.1) is 6.92 Å². The lowest BCUT2D eigenvalue weighted by atomic mass is 10.1. The molecule has 0 radical (unpaired) electrons. The molecule has 0 amide bonds. The van der Waals surface area contributed by atoms with E-state index in [0.29, 0.717) is 44.8 Å². The van der Waals surface area contributed by atoms with E-state index in [2.05, 4.69) is 15.3 Å². The molecule has 250 valence electrons. The largest absolute Gasteiger partial charge is 0.481 e. The summed E-state index contributed by atoms with van der Waals surface area (Å²) in [5.41, 5.74) is 4.93. The van der Waals surface area contributed by atoms with Crippen LogP contribution < -0.4 is 26.2 Å². The van der Waals surface area contributed by atoms with Gasteiger partial charge in [-0.25, -0.2) is 16.8 Å². The van der Waals surface area contributed by atoms with Gasteiger partial charge in [-0.1, -0.05) is 35.9 Å². The minimum Gasteiger partial charge on any atom is -0.481 e. The van der Waals surface area contributed by atoms with Gasteiger partial charge in [0.05, 0.1) is 52.3 Å². The number of H-pyrrole nitrogens is 1. The highest BCUT2D eigenvalue weighted by atomic mass is 32.2. The summed E-state index contributed by atoms with van der Waals surface area (Å²) in [4.78, 5) is 21.0. The van der Waals surface area contributed by atoms with E-state index < -0.39 is 25.4 Å². The molecule has 4 heterocycles. The monoisotopic (exact) mass is 695 g/mol.